The Morgan fingerprint density at radius 3 is 2.67 bits per heavy atom. The molecule has 0 aliphatic rings. The van der Waals surface area contributed by atoms with Crippen LogP contribution >= 0.6 is 0 Å². The monoisotopic (exact) mass is 252 g/mol. The summed E-state index contributed by atoms with van der Waals surface area (Å²) in [5, 5.41) is 0. The van der Waals surface area contributed by atoms with E-state index in [1.165, 1.54) is 0 Å². The van der Waals surface area contributed by atoms with Crippen LogP contribution < -0.4 is 10.5 Å². The molecule has 0 radical (unpaired) electrons. The Morgan fingerprint density at radius 1 is 1.33 bits per heavy atom. The molecular formula is C14H24N2O2. The van der Waals surface area contributed by atoms with Crippen LogP contribution in [0.1, 0.15) is 13.8 Å². The first kappa shape index (κ1) is 14.8. The Balaban J connectivity index is 2.38. The Labute approximate surface area is 110 Å². The summed E-state index contributed by atoms with van der Waals surface area (Å²) in [6, 6.07) is 7.97. The quantitative estimate of drug-likeness (QED) is 0.719. The fourth-order valence-electron chi connectivity index (χ4n) is 1.92. The van der Waals surface area contributed by atoms with Crippen molar-refractivity contribution in [2.24, 2.45) is 0 Å². The summed E-state index contributed by atoms with van der Waals surface area (Å²) in [5.74, 6) is 0.757. The third-order valence-corrected chi connectivity index (χ3v) is 2.99. The summed E-state index contributed by atoms with van der Waals surface area (Å²) in [4.78, 5) is 2.32. The molecule has 102 valence electrons. The number of nitrogens with two attached hydrogens (primary N) is 1. The number of hydrogen-bond donors (Lipinski definition) is 1. The average molecular weight is 252 g/mol. The number of nitrogen functional groups attached to an aromatic ring is 1. The highest BCUT2D eigenvalue weighted by Gasteiger charge is 2.11. The SMILES string of the molecule is CCN(CCOc1ccccc1N)C(C)COC. The van der Waals surface area contributed by atoms with Crippen molar-refractivity contribution in [1.29, 1.82) is 0 Å². The number of hydrogen-bond acceptors (Lipinski definition) is 4. The van der Waals surface area contributed by atoms with Crippen molar-refractivity contribution >= 4 is 5.69 Å². The molecule has 0 aromatic heterocycles. The molecule has 1 aromatic rings. The first-order chi connectivity index (χ1) is 8.69. The second-order valence-corrected chi connectivity index (χ2v) is 4.32. The molecule has 1 rings (SSSR count). The third kappa shape index (κ3) is 4.55. The molecule has 2 N–H and O–H groups in total. The number of nitrogens with zero attached hydrogens (tertiary/aromatic N) is 1. The molecule has 0 amide bonds. The molecule has 4 heteroatoms. The van der Waals surface area contributed by atoms with Gasteiger partial charge in [0.2, 0.25) is 0 Å². The topological polar surface area (TPSA) is 47.7 Å². The molecule has 0 saturated heterocycles. The van der Waals surface area contributed by atoms with Gasteiger partial charge in [0.25, 0.3) is 0 Å². The van der Waals surface area contributed by atoms with Crippen molar-refractivity contribution in [3.8, 4) is 5.75 Å². The second-order valence-electron chi connectivity index (χ2n) is 4.32. The van der Waals surface area contributed by atoms with Gasteiger partial charge in [-0.3, -0.25) is 4.90 Å². The van der Waals surface area contributed by atoms with Gasteiger partial charge < -0.3 is 15.2 Å². The smallest absolute Gasteiger partial charge is 0.142 e. The van der Waals surface area contributed by atoms with E-state index in [0.717, 1.165) is 25.4 Å². The summed E-state index contributed by atoms with van der Waals surface area (Å²) in [6.45, 7) is 7.53. The summed E-state index contributed by atoms with van der Waals surface area (Å²) < 4.78 is 10.9. The Hall–Kier alpha value is -1.26. The number of anilines is 1. The van der Waals surface area contributed by atoms with E-state index in [2.05, 4.69) is 18.7 Å². The maximum atomic E-state index is 5.82. The Bertz CT molecular complexity index is 344. The molecule has 0 spiro atoms. The van der Waals surface area contributed by atoms with Gasteiger partial charge in [-0.15, -0.1) is 0 Å². The van der Waals surface area contributed by atoms with E-state index < -0.39 is 0 Å². The van der Waals surface area contributed by atoms with Crippen molar-refractivity contribution in [3.05, 3.63) is 24.3 Å². The minimum atomic E-state index is 0.400. The second kappa shape index (κ2) is 7.95. The molecule has 1 unspecified atom stereocenters. The maximum Gasteiger partial charge on any atom is 0.142 e. The summed E-state index contributed by atoms with van der Waals surface area (Å²) in [7, 11) is 1.73. The van der Waals surface area contributed by atoms with E-state index in [1.54, 1.807) is 7.11 Å². The lowest BCUT2D eigenvalue weighted by Gasteiger charge is -2.27. The van der Waals surface area contributed by atoms with Gasteiger partial charge in [-0.05, 0) is 25.6 Å². The zero-order valence-electron chi connectivity index (χ0n) is 11.6. The molecule has 0 aliphatic carbocycles. The summed E-state index contributed by atoms with van der Waals surface area (Å²) in [5.41, 5.74) is 6.50. The fraction of sp³-hybridized carbons (Fsp3) is 0.571. The first-order valence-electron chi connectivity index (χ1n) is 6.39. The highest BCUT2D eigenvalue weighted by Crippen LogP contribution is 2.19. The minimum Gasteiger partial charge on any atom is -0.490 e. The third-order valence-electron chi connectivity index (χ3n) is 2.99. The molecular weight excluding hydrogens is 228 g/mol. The van der Waals surface area contributed by atoms with Crippen LogP contribution in [0.15, 0.2) is 24.3 Å². The number of likely N-dealkylation sites (N-methyl/N-ethyl adjacent to an activating group) is 1. The van der Waals surface area contributed by atoms with E-state index in [-0.39, 0.29) is 0 Å². The first-order valence-corrected chi connectivity index (χ1v) is 6.39. The number of rotatable bonds is 8. The van der Waals surface area contributed by atoms with Gasteiger partial charge in [0.05, 0.1) is 12.3 Å². The molecule has 0 saturated carbocycles. The largest absolute Gasteiger partial charge is 0.490 e. The molecule has 1 atom stereocenters. The molecule has 4 nitrogen and oxygen atoms in total. The zero-order valence-corrected chi connectivity index (χ0v) is 11.6. The van der Waals surface area contributed by atoms with Crippen molar-refractivity contribution in [3.63, 3.8) is 0 Å². The fourth-order valence-corrected chi connectivity index (χ4v) is 1.92. The minimum absolute atomic E-state index is 0.400. The van der Waals surface area contributed by atoms with E-state index in [4.69, 9.17) is 15.2 Å². The van der Waals surface area contributed by atoms with Gasteiger partial charge in [0, 0.05) is 19.7 Å². The van der Waals surface area contributed by atoms with Crippen LogP contribution in [0.2, 0.25) is 0 Å². The van der Waals surface area contributed by atoms with Crippen molar-refractivity contribution in [1.82, 2.24) is 4.90 Å². The predicted molar refractivity (Wildman–Crippen MR) is 74.9 cm³/mol. The highest BCUT2D eigenvalue weighted by molar-refractivity contribution is 5.51. The Kier molecular flexibility index (Phi) is 6.54. The van der Waals surface area contributed by atoms with Crippen LogP contribution in [0.25, 0.3) is 0 Å². The van der Waals surface area contributed by atoms with Crippen molar-refractivity contribution < 1.29 is 9.47 Å². The van der Waals surface area contributed by atoms with Crippen molar-refractivity contribution in [2.45, 2.75) is 19.9 Å². The van der Waals surface area contributed by atoms with Crippen LogP contribution in [0.5, 0.6) is 5.75 Å². The van der Waals surface area contributed by atoms with E-state index in [9.17, 15) is 0 Å². The molecule has 0 fully saturated rings. The van der Waals surface area contributed by atoms with Gasteiger partial charge in [0.15, 0.2) is 0 Å². The number of methoxy groups -OCH3 is 1. The molecule has 0 heterocycles. The highest BCUT2D eigenvalue weighted by atomic mass is 16.5. The number of ether oxygens (including phenoxy) is 2. The lowest BCUT2D eigenvalue weighted by molar-refractivity contribution is 0.0921. The molecule has 0 bridgehead atoms. The van der Waals surface area contributed by atoms with Gasteiger partial charge in [-0.2, -0.15) is 0 Å². The zero-order chi connectivity index (χ0) is 13.4. The predicted octanol–water partition coefficient (Wildman–Crippen LogP) is 2.00. The summed E-state index contributed by atoms with van der Waals surface area (Å²) in [6.07, 6.45) is 0. The molecule has 0 aliphatic heterocycles. The van der Waals surface area contributed by atoms with Crippen LogP contribution in [0.4, 0.5) is 5.69 Å². The van der Waals surface area contributed by atoms with E-state index in [1.807, 2.05) is 24.3 Å². The summed E-state index contributed by atoms with van der Waals surface area (Å²) >= 11 is 0. The lowest BCUT2D eigenvalue weighted by Crippen LogP contribution is -2.38. The van der Waals surface area contributed by atoms with Crippen LogP contribution in [0.3, 0.4) is 0 Å². The maximum absolute atomic E-state index is 5.82. The number of benzene rings is 1. The lowest BCUT2D eigenvalue weighted by atomic mass is 10.3. The number of para-hydroxylation sites is 2. The van der Waals surface area contributed by atoms with Gasteiger partial charge in [-0.1, -0.05) is 19.1 Å². The van der Waals surface area contributed by atoms with Gasteiger partial charge in [0.1, 0.15) is 12.4 Å². The van der Waals surface area contributed by atoms with Crippen LogP contribution in [-0.4, -0.2) is 44.4 Å². The molecule has 18 heavy (non-hydrogen) atoms. The standard InChI is InChI=1S/C14H24N2O2/c1-4-16(12(2)11-17-3)9-10-18-14-8-6-5-7-13(14)15/h5-8,12H,4,9-11,15H2,1-3H3. The van der Waals surface area contributed by atoms with E-state index >= 15 is 0 Å². The Morgan fingerprint density at radius 2 is 2.06 bits per heavy atom. The average Bonchev–Trinajstić information content (AvgIpc) is 2.37. The van der Waals surface area contributed by atoms with Crippen LogP contribution in [-0.2, 0) is 4.74 Å². The molecule has 1 aromatic carbocycles. The van der Waals surface area contributed by atoms with Crippen LogP contribution in [0, 0.1) is 0 Å². The van der Waals surface area contributed by atoms with Gasteiger partial charge in [-0.25, -0.2) is 0 Å². The van der Waals surface area contributed by atoms with Gasteiger partial charge >= 0.3 is 0 Å². The van der Waals surface area contributed by atoms with E-state index in [0.29, 0.717) is 18.3 Å². The normalized spacial score (nSPS) is 12.7. The van der Waals surface area contributed by atoms with Crippen molar-refractivity contribution in [2.75, 3.05) is 39.1 Å².